The van der Waals surface area contributed by atoms with Crippen molar-refractivity contribution in [2.24, 2.45) is 5.41 Å². The van der Waals surface area contributed by atoms with E-state index in [9.17, 15) is 8.42 Å². The minimum Gasteiger partial charge on any atom is -0.212 e. The summed E-state index contributed by atoms with van der Waals surface area (Å²) in [4.78, 5) is 0. The molecule has 0 amide bonds. The van der Waals surface area contributed by atoms with Gasteiger partial charge in [0.1, 0.15) is 0 Å². The number of hydrogen-bond acceptors (Lipinski definition) is 2. The van der Waals surface area contributed by atoms with Gasteiger partial charge in [-0.3, -0.25) is 0 Å². The number of halogens is 1. The zero-order chi connectivity index (χ0) is 13.2. The molecule has 0 aliphatic heterocycles. The minimum atomic E-state index is -3.20. The molecule has 0 bridgehead atoms. The van der Waals surface area contributed by atoms with Gasteiger partial charge in [-0.05, 0) is 24.7 Å². The van der Waals surface area contributed by atoms with E-state index >= 15 is 0 Å². The van der Waals surface area contributed by atoms with Gasteiger partial charge in [-0.25, -0.2) is 13.1 Å². The lowest BCUT2D eigenvalue weighted by Gasteiger charge is -2.28. The molecule has 1 aliphatic carbocycles. The van der Waals surface area contributed by atoms with Gasteiger partial charge in [0.2, 0.25) is 10.0 Å². The van der Waals surface area contributed by atoms with Gasteiger partial charge in [-0.1, -0.05) is 33.6 Å². The van der Waals surface area contributed by atoms with E-state index in [-0.39, 0.29) is 16.7 Å². The first kappa shape index (κ1) is 15.3. The summed E-state index contributed by atoms with van der Waals surface area (Å²) in [7, 11) is -3.20. The molecule has 17 heavy (non-hydrogen) atoms. The average molecular weight is 282 g/mol. The molecule has 3 nitrogen and oxygen atoms in total. The van der Waals surface area contributed by atoms with Crippen molar-refractivity contribution < 1.29 is 8.42 Å². The normalized spacial score (nSPS) is 20.7. The highest BCUT2D eigenvalue weighted by Gasteiger charge is 2.36. The standard InChI is InChI=1S/C12H24ClNO2S/c1-11(2,3)8-9-17(15,16)14-12(10-13)6-4-5-7-12/h14H,4-10H2,1-3H3. The van der Waals surface area contributed by atoms with Crippen molar-refractivity contribution in [3.05, 3.63) is 0 Å². The van der Waals surface area contributed by atoms with Crippen LogP contribution in [-0.2, 0) is 10.0 Å². The van der Waals surface area contributed by atoms with Crippen LogP contribution in [0.25, 0.3) is 0 Å². The van der Waals surface area contributed by atoms with Crippen LogP contribution in [0.15, 0.2) is 0 Å². The van der Waals surface area contributed by atoms with Crippen LogP contribution >= 0.6 is 11.6 Å². The van der Waals surface area contributed by atoms with Crippen molar-refractivity contribution in [1.82, 2.24) is 4.72 Å². The number of rotatable bonds is 5. The largest absolute Gasteiger partial charge is 0.212 e. The number of sulfonamides is 1. The Kier molecular flexibility index (Phi) is 4.89. The first-order valence-electron chi connectivity index (χ1n) is 6.26. The van der Waals surface area contributed by atoms with Gasteiger partial charge >= 0.3 is 0 Å². The van der Waals surface area contributed by atoms with Gasteiger partial charge in [-0.15, -0.1) is 11.6 Å². The summed E-state index contributed by atoms with van der Waals surface area (Å²) in [5.41, 5.74) is -0.336. The maximum Gasteiger partial charge on any atom is 0.212 e. The number of hydrogen-bond donors (Lipinski definition) is 1. The fourth-order valence-electron chi connectivity index (χ4n) is 2.14. The van der Waals surface area contributed by atoms with Crippen LogP contribution in [-0.4, -0.2) is 25.6 Å². The van der Waals surface area contributed by atoms with Crippen LogP contribution in [0.1, 0.15) is 52.9 Å². The minimum absolute atomic E-state index is 0.0402. The van der Waals surface area contributed by atoms with E-state index in [1.165, 1.54) is 0 Å². The predicted octanol–water partition coefficient (Wildman–Crippen LogP) is 2.89. The molecule has 0 saturated heterocycles. The van der Waals surface area contributed by atoms with Gasteiger partial charge in [0.15, 0.2) is 0 Å². The Bertz CT molecular complexity index is 340. The van der Waals surface area contributed by atoms with Gasteiger partial charge in [-0.2, -0.15) is 0 Å². The highest BCUT2D eigenvalue weighted by atomic mass is 35.5. The second-order valence-electron chi connectivity index (χ2n) is 6.35. The van der Waals surface area contributed by atoms with Crippen molar-refractivity contribution in [1.29, 1.82) is 0 Å². The quantitative estimate of drug-likeness (QED) is 0.788. The van der Waals surface area contributed by atoms with Gasteiger partial charge in [0.25, 0.3) is 0 Å². The molecule has 1 N–H and O–H groups in total. The molecule has 0 spiro atoms. The Balaban J connectivity index is 2.59. The zero-order valence-electron chi connectivity index (χ0n) is 11.1. The van der Waals surface area contributed by atoms with E-state index in [0.717, 1.165) is 25.7 Å². The number of nitrogens with one attached hydrogen (secondary N) is 1. The lowest BCUT2D eigenvalue weighted by atomic mass is 9.94. The van der Waals surface area contributed by atoms with Crippen LogP contribution in [0.4, 0.5) is 0 Å². The van der Waals surface area contributed by atoms with Crippen molar-refractivity contribution in [3.8, 4) is 0 Å². The highest BCUT2D eigenvalue weighted by molar-refractivity contribution is 7.89. The molecule has 1 fully saturated rings. The number of alkyl halides is 1. The zero-order valence-corrected chi connectivity index (χ0v) is 12.6. The molecule has 0 atom stereocenters. The van der Waals surface area contributed by atoms with Crippen LogP contribution in [0, 0.1) is 5.41 Å². The Labute approximate surface area is 110 Å². The first-order valence-corrected chi connectivity index (χ1v) is 8.44. The van der Waals surface area contributed by atoms with Gasteiger partial charge < -0.3 is 0 Å². The molecule has 1 aliphatic rings. The summed E-state index contributed by atoms with van der Waals surface area (Å²) >= 11 is 5.93. The third-order valence-electron chi connectivity index (χ3n) is 3.31. The van der Waals surface area contributed by atoms with Gasteiger partial charge in [0, 0.05) is 11.4 Å². The molecule has 0 aromatic rings. The topological polar surface area (TPSA) is 46.2 Å². The highest BCUT2D eigenvalue weighted by Crippen LogP contribution is 2.31. The molecule has 0 radical (unpaired) electrons. The Hall–Kier alpha value is 0.200. The molecule has 1 rings (SSSR count). The lowest BCUT2D eigenvalue weighted by molar-refractivity contribution is 0.390. The van der Waals surface area contributed by atoms with Crippen molar-refractivity contribution in [3.63, 3.8) is 0 Å². The van der Waals surface area contributed by atoms with E-state index in [4.69, 9.17) is 11.6 Å². The summed E-state index contributed by atoms with van der Waals surface area (Å²) in [6.07, 6.45) is 4.53. The maximum absolute atomic E-state index is 12.0. The molecule has 0 unspecified atom stereocenters. The van der Waals surface area contributed by atoms with E-state index in [2.05, 4.69) is 25.5 Å². The average Bonchev–Trinajstić information content (AvgIpc) is 2.63. The predicted molar refractivity (Wildman–Crippen MR) is 72.9 cm³/mol. The van der Waals surface area contributed by atoms with E-state index in [0.29, 0.717) is 12.3 Å². The molecular weight excluding hydrogens is 258 g/mol. The van der Waals surface area contributed by atoms with Crippen molar-refractivity contribution in [2.45, 2.75) is 58.4 Å². The molecule has 0 aromatic carbocycles. The maximum atomic E-state index is 12.0. The lowest BCUT2D eigenvalue weighted by Crippen LogP contribution is -2.48. The molecule has 1 saturated carbocycles. The summed E-state index contributed by atoms with van der Waals surface area (Å²) in [5.74, 6) is 0.566. The Morgan fingerprint density at radius 1 is 1.24 bits per heavy atom. The first-order chi connectivity index (χ1) is 7.68. The summed E-state index contributed by atoms with van der Waals surface area (Å²) < 4.78 is 26.9. The fourth-order valence-corrected chi connectivity index (χ4v) is 4.47. The Morgan fingerprint density at radius 3 is 2.18 bits per heavy atom. The second-order valence-corrected chi connectivity index (χ2v) is 8.46. The monoisotopic (exact) mass is 281 g/mol. The van der Waals surface area contributed by atoms with E-state index < -0.39 is 10.0 Å². The van der Waals surface area contributed by atoms with Crippen LogP contribution < -0.4 is 4.72 Å². The second kappa shape index (κ2) is 5.45. The SMILES string of the molecule is CC(C)(C)CCS(=O)(=O)NC1(CCl)CCCC1. The third kappa shape index (κ3) is 5.14. The Morgan fingerprint density at radius 2 is 1.76 bits per heavy atom. The summed E-state index contributed by atoms with van der Waals surface area (Å²) in [5, 5.41) is 0. The summed E-state index contributed by atoms with van der Waals surface area (Å²) in [6.45, 7) is 6.15. The van der Waals surface area contributed by atoms with Crippen molar-refractivity contribution in [2.75, 3.05) is 11.6 Å². The van der Waals surface area contributed by atoms with E-state index in [1.54, 1.807) is 0 Å². The van der Waals surface area contributed by atoms with Crippen LogP contribution in [0.3, 0.4) is 0 Å². The molecule has 0 heterocycles. The van der Waals surface area contributed by atoms with Crippen molar-refractivity contribution >= 4 is 21.6 Å². The van der Waals surface area contributed by atoms with Crippen LogP contribution in [0.2, 0.25) is 0 Å². The fraction of sp³-hybridized carbons (Fsp3) is 1.00. The molecule has 5 heteroatoms. The molecule has 102 valence electrons. The summed E-state index contributed by atoms with van der Waals surface area (Å²) in [6, 6.07) is 0. The third-order valence-corrected chi connectivity index (χ3v) is 5.31. The van der Waals surface area contributed by atoms with Crippen LogP contribution in [0.5, 0.6) is 0 Å². The van der Waals surface area contributed by atoms with Gasteiger partial charge in [0.05, 0.1) is 5.75 Å². The van der Waals surface area contributed by atoms with E-state index in [1.807, 2.05) is 0 Å². The smallest absolute Gasteiger partial charge is 0.212 e. The molecule has 0 aromatic heterocycles. The molecular formula is C12H24ClNO2S.